The van der Waals surface area contributed by atoms with E-state index >= 15 is 0 Å². The molecule has 0 heterocycles. The smallest absolute Gasteiger partial charge is 0.255 e. The molecule has 1 N–H and O–H groups in total. The Balaban J connectivity index is 1.95. The van der Waals surface area contributed by atoms with E-state index < -0.39 is 5.41 Å². The van der Waals surface area contributed by atoms with Crippen molar-refractivity contribution < 1.29 is 4.79 Å². The molecular formula is C28H29N3O. The van der Waals surface area contributed by atoms with Crippen LogP contribution < -0.4 is 10.2 Å². The van der Waals surface area contributed by atoms with E-state index in [-0.39, 0.29) is 5.91 Å². The molecule has 0 spiro atoms. The summed E-state index contributed by atoms with van der Waals surface area (Å²) in [6, 6.07) is 27.7. The first kappa shape index (κ1) is 22.8. The molecule has 3 aromatic rings. The van der Waals surface area contributed by atoms with Crippen LogP contribution >= 0.6 is 0 Å². The van der Waals surface area contributed by atoms with Gasteiger partial charge in [0.2, 0.25) is 0 Å². The molecule has 0 aliphatic heterocycles. The van der Waals surface area contributed by atoms with Crippen LogP contribution in [0.4, 0.5) is 5.69 Å². The number of nitrogens with one attached hydrogen (secondary N) is 1. The van der Waals surface area contributed by atoms with Gasteiger partial charge >= 0.3 is 0 Å². The van der Waals surface area contributed by atoms with Gasteiger partial charge in [-0.3, -0.25) is 4.79 Å². The lowest BCUT2D eigenvalue weighted by Crippen LogP contribution is -2.31. The molecule has 0 aliphatic carbocycles. The number of amides is 1. The Hall–Kier alpha value is -3.84. The lowest BCUT2D eigenvalue weighted by molar-refractivity contribution is 0.0958. The van der Waals surface area contributed by atoms with Gasteiger partial charge in [-0.1, -0.05) is 75.4 Å². The van der Waals surface area contributed by atoms with Crippen LogP contribution in [-0.2, 0) is 0 Å². The fourth-order valence-electron chi connectivity index (χ4n) is 3.45. The minimum Gasteiger partial charge on any atom is -0.378 e. The highest BCUT2D eigenvalue weighted by atomic mass is 16.1. The SMILES string of the molecule is CN(C)c1ccc(C(=O)N/C(=C(/C#N)c2ccc(-c3ccccc3)cc2)C(C)(C)C)cc1. The Morgan fingerprint density at radius 1 is 0.812 bits per heavy atom. The second-order valence-electron chi connectivity index (χ2n) is 8.95. The van der Waals surface area contributed by atoms with E-state index in [1.165, 1.54) is 0 Å². The summed E-state index contributed by atoms with van der Waals surface area (Å²) < 4.78 is 0. The zero-order valence-electron chi connectivity index (χ0n) is 19.3. The second-order valence-corrected chi connectivity index (χ2v) is 8.95. The molecule has 0 unspecified atom stereocenters. The number of nitriles is 1. The molecule has 0 saturated heterocycles. The Kier molecular flexibility index (Phi) is 6.80. The third kappa shape index (κ3) is 5.25. The van der Waals surface area contributed by atoms with Crippen LogP contribution in [0, 0.1) is 16.7 Å². The quantitative estimate of drug-likeness (QED) is 0.502. The number of benzene rings is 3. The van der Waals surface area contributed by atoms with E-state index in [1.54, 1.807) is 12.1 Å². The predicted octanol–water partition coefficient (Wildman–Crippen LogP) is 6.13. The van der Waals surface area contributed by atoms with Crippen LogP contribution in [0.1, 0.15) is 36.7 Å². The Morgan fingerprint density at radius 3 is 1.84 bits per heavy atom. The summed E-state index contributed by atoms with van der Waals surface area (Å²) in [5, 5.41) is 13.0. The van der Waals surface area contributed by atoms with Gasteiger partial charge in [-0.2, -0.15) is 5.26 Å². The number of nitrogens with zero attached hydrogens (tertiary/aromatic N) is 2. The Bertz CT molecular complexity index is 1140. The van der Waals surface area contributed by atoms with E-state index in [0.29, 0.717) is 16.8 Å². The molecule has 0 aliphatic rings. The van der Waals surface area contributed by atoms with Crippen molar-refractivity contribution in [2.75, 3.05) is 19.0 Å². The van der Waals surface area contributed by atoms with E-state index in [2.05, 4.69) is 23.5 Å². The van der Waals surface area contributed by atoms with E-state index in [9.17, 15) is 10.1 Å². The summed E-state index contributed by atoms with van der Waals surface area (Å²) in [5.41, 5.74) is 5.19. The van der Waals surface area contributed by atoms with E-state index in [0.717, 1.165) is 22.4 Å². The maximum atomic E-state index is 13.0. The first-order chi connectivity index (χ1) is 15.2. The highest BCUT2D eigenvalue weighted by Crippen LogP contribution is 2.32. The first-order valence-electron chi connectivity index (χ1n) is 10.6. The predicted molar refractivity (Wildman–Crippen MR) is 132 cm³/mol. The average Bonchev–Trinajstić information content (AvgIpc) is 2.79. The van der Waals surface area contributed by atoms with Gasteiger partial charge in [-0.25, -0.2) is 0 Å². The highest BCUT2D eigenvalue weighted by molar-refractivity contribution is 5.97. The summed E-state index contributed by atoms with van der Waals surface area (Å²) in [6.45, 7) is 5.98. The Morgan fingerprint density at radius 2 is 1.34 bits per heavy atom. The van der Waals surface area contributed by atoms with Crippen molar-refractivity contribution in [3.8, 4) is 17.2 Å². The molecular weight excluding hydrogens is 394 g/mol. The molecule has 0 aromatic heterocycles. The summed E-state index contributed by atoms with van der Waals surface area (Å²) in [4.78, 5) is 15.0. The number of anilines is 1. The molecule has 0 atom stereocenters. The van der Waals surface area contributed by atoms with Gasteiger partial charge in [0.05, 0.1) is 5.57 Å². The van der Waals surface area contributed by atoms with Gasteiger partial charge in [-0.15, -0.1) is 0 Å². The number of rotatable bonds is 5. The van der Waals surface area contributed by atoms with Crippen molar-refractivity contribution in [1.29, 1.82) is 5.26 Å². The van der Waals surface area contributed by atoms with Gasteiger partial charge in [0, 0.05) is 36.5 Å². The number of hydrogen-bond acceptors (Lipinski definition) is 3. The highest BCUT2D eigenvalue weighted by Gasteiger charge is 2.25. The van der Waals surface area contributed by atoms with Crippen LogP contribution in [0.3, 0.4) is 0 Å². The standard InChI is InChI=1S/C28H29N3O/c1-28(2,3)26(30-27(32)23-15-17-24(18-16-23)31(4)5)25(19-29)22-13-11-21(12-14-22)20-9-7-6-8-10-20/h6-18H,1-5H3,(H,30,32)/b26-25-. The van der Waals surface area contributed by atoms with Crippen molar-refractivity contribution in [3.63, 3.8) is 0 Å². The second kappa shape index (κ2) is 9.53. The van der Waals surface area contributed by atoms with Crippen LogP contribution in [0.15, 0.2) is 84.6 Å². The summed E-state index contributed by atoms with van der Waals surface area (Å²) in [5.74, 6) is -0.228. The van der Waals surface area contributed by atoms with Gasteiger partial charge in [0.15, 0.2) is 0 Å². The molecule has 4 heteroatoms. The zero-order valence-corrected chi connectivity index (χ0v) is 19.3. The fourth-order valence-corrected chi connectivity index (χ4v) is 3.45. The number of allylic oxidation sites excluding steroid dienone is 2. The average molecular weight is 424 g/mol. The van der Waals surface area contributed by atoms with Crippen molar-refractivity contribution in [3.05, 3.63) is 95.7 Å². The van der Waals surface area contributed by atoms with Gasteiger partial charge in [-0.05, 0) is 41.0 Å². The maximum Gasteiger partial charge on any atom is 0.255 e. The third-order valence-corrected chi connectivity index (χ3v) is 5.28. The summed E-state index contributed by atoms with van der Waals surface area (Å²) in [6.07, 6.45) is 0. The summed E-state index contributed by atoms with van der Waals surface area (Å²) in [7, 11) is 3.91. The largest absolute Gasteiger partial charge is 0.378 e. The lowest BCUT2D eigenvalue weighted by Gasteiger charge is -2.26. The van der Waals surface area contributed by atoms with Gasteiger partial charge in [0.25, 0.3) is 5.91 Å². The van der Waals surface area contributed by atoms with Gasteiger partial charge in [0.1, 0.15) is 6.07 Å². The molecule has 0 bridgehead atoms. The zero-order chi connectivity index (χ0) is 23.3. The monoisotopic (exact) mass is 423 g/mol. The number of carbonyl (C=O) groups is 1. The first-order valence-corrected chi connectivity index (χ1v) is 10.6. The molecule has 0 radical (unpaired) electrons. The Labute approximate surface area is 190 Å². The minimum absolute atomic E-state index is 0.228. The van der Waals surface area contributed by atoms with Crippen LogP contribution in [0.5, 0.6) is 0 Å². The lowest BCUT2D eigenvalue weighted by atomic mass is 9.86. The maximum absolute atomic E-state index is 13.0. The van der Waals surface area contributed by atoms with Crippen LogP contribution in [0.2, 0.25) is 0 Å². The van der Waals surface area contributed by atoms with Crippen LogP contribution in [-0.4, -0.2) is 20.0 Å². The normalized spacial score (nSPS) is 11.9. The number of carbonyl (C=O) groups excluding carboxylic acids is 1. The fraction of sp³-hybridized carbons (Fsp3) is 0.214. The molecule has 32 heavy (non-hydrogen) atoms. The van der Waals surface area contributed by atoms with Crippen molar-refractivity contribution in [1.82, 2.24) is 5.32 Å². The van der Waals surface area contributed by atoms with Crippen LogP contribution in [0.25, 0.3) is 16.7 Å². The van der Waals surface area contributed by atoms with E-state index in [4.69, 9.17) is 0 Å². The van der Waals surface area contributed by atoms with Crippen molar-refractivity contribution >= 4 is 17.2 Å². The molecule has 3 aromatic carbocycles. The van der Waals surface area contributed by atoms with Crippen molar-refractivity contribution in [2.24, 2.45) is 5.41 Å². The molecule has 4 nitrogen and oxygen atoms in total. The molecule has 3 rings (SSSR count). The topological polar surface area (TPSA) is 56.1 Å². The molecule has 162 valence electrons. The molecule has 0 saturated carbocycles. The molecule has 1 amide bonds. The third-order valence-electron chi connectivity index (χ3n) is 5.28. The number of hydrogen-bond donors (Lipinski definition) is 1. The van der Waals surface area contributed by atoms with E-state index in [1.807, 2.05) is 94.4 Å². The summed E-state index contributed by atoms with van der Waals surface area (Å²) >= 11 is 0. The molecule has 0 fully saturated rings. The van der Waals surface area contributed by atoms with Crippen molar-refractivity contribution in [2.45, 2.75) is 20.8 Å². The van der Waals surface area contributed by atoms with Gasteiger partial charge < -0.3 is 10.2 Å². The minimum atomic E-state index is -0.428.